The third-order valence-corrected chi connectivity index (χ3v) is 3.05. The summed E-state index contributed by atoms with van der Waals surface area (Å²) in [5.41, 5.74) is 0.840. The number of nitrogens with zero attached hydrogens (tertiary/aromatic N) is 1. The summed E-state index contributed by atoms with van der Waals surface area (Å²) < 4.78 is 11.2. The standard InChI is InChI=1S/C13H19NO3/c1-14-6-5-11(8-14)17-13-7-10(9-15)3-4-12(13)16-2/h3-4,7,11,15H,5-6,8-9H2,1-2H3. The summed E-state index contributed by atoms with van der Waals surface area (Å²) >= 11 is 0. The van der Waals surface area contributed by atoms with Gasteiger partial charge in [0, 0.05) is 13.1 Å². The zero-order valence-corrected chi connectivity index (χ0v) is 10.3. The topological polar surface area (TPSA) is 41.9 Å². The van der Waals surface area contributed by atoms with E-state index in [-0.39, 0.29) is 12.7 Å². The third-order valence-electron chi connectivity index (χ3n) is 3.05. The minimum Gasteiger partial charge on any atom is -0.493 e. The Balaban J connectivity index is 2.12. The maximum Gasteiger partial charge on any atom is 0.162 e. The van der Waals surface area contributed by atoms with Gasteiger partial charge in [0.05, 0.1) is 13.7 Å². The Kier molecular flexibility index (Phi) is 3.86. The average Bonchev–Trinajstić information content (AvgIpc) is 2.74. The van der Waals surface area contributed by atoms with E-state index < -0.39 is 0 Å². The number of rotatable bonds is 4. The van der Waals surface area contributed by atoms with Gasteiger partial charge in [-0.3, -0.25) is 0 Å². The second-order valence-electron chi connectivity index (χ2n) is 4.43. The maximum atomic E-state index is 9.12. The predicted octanol–water partition coefficient (Wildman–Crippen LogP) is 1.27. The van der Waals surface area contributed by atoms with Crippen molar-refractivity contribution in [1.29, 1.82) is 0 Å². The van der Waals surface area contributed by atoms with Crippen molar-refractivity contribution >= 4 is 0 Å². The highest BCUT2D eigenvalue weighted by Crippen LogP contribution is 2.30. The van der Waals surface area contributed by atoms with Crippen LogP contribution in [-0.2, 0) is 6.61 Å². The summed E-state index contributed by atoms with van der Waals surface area (Å²) in [5, 5.41) is 9.12. The molecule has 4 nitrogen and oxygen atoms in total. The van der Waals surface area contributed by atoms with E-state index in [2.05, 4.69) is 11.9 Å². The average molecular weight is 237 g/mol. The van der Waals surface area contributed by atoms with Gasteiger partial charge in [-0.25, -0.2) is 0 Å². The molecule has 1 aromatic carbocycles. The smallest absolute Gasteiger partial charge is 0.162 e. The molecule has 0 saturated carbocycles. The molecule has 1 fully saturated rings. The van der Waals surface area contributed by atoms with Crippen LogP contribution in [0.5, 0.6) is 11.5 Å². The van der Waals surface area contributed by atoms with E-state index in [4.69, 9.17) is 14.6 Å². The fourth-order valence-electron chi connectivity index (χ4n) is 2.08. The maximum absolute atomic E-state index is 9.12. The number of likely N-dealkylation sites (N-methyl/N-ethyl adjacent to an activating group) is 1. The van der Waals surface area contributed by atoms with Crippen LogP contribution in [0.15, 0.2) is 18.2 Å². The summed E-state index contributed by atoms with van der Waals surface area (Å²) in [6, 6.07) is 5.52. The highest BCUT2D eigenvalue weighted by Gasteiger charge is 2.22. The van der Waals surface area contributed by atoms with Crippen molar-refractivity contribution in [1.82, 2.24) is 4.90 Å². The van der Waals surface area contributed by atoms with Gasteiger partial charge in [-0.05, 0) is 31.2 Å². The van der Waals surface area contributed by atoms with Gasteiger partial charge in [0.25, 0.3) is 0 Å². The predicted molar refractivity (Wildman–Crippen MR) is 65.4 cm³/mol. The van der Waals surface area contributed by atoms with Crippen LogP contribution in [-0.4, -0.2) is 43.4 Å². The molecule has 1 unspecified atom stereocenters. The molecule has 0 radical (unpaired) electrons. The summed E-state index contributed by atoms with van der Waals surface area (Å²) in [6.45, 7) is 2.02. The lowest BCUT2D eigenvalue weighted by Gasteiger charge is -2.16. The molecular weight excluding hydrogens is 218 g/mol. The minimum absolute atomic E-state index is 0.0188. The molecule has 1 aliphatic rings. The minimum atomic E-state index is 0.0188. The van der Waals surface area contributed by atoms with Crippen LogP contribution in [0.4, 0.5) is 0 Å². The fraction of sp³-hybridized carbons (Fsp3) is 0.538. The second kappa shape index (κ2) is 5.38. The van der Waals surface area contributed by atoms with Crippen LogP contribution in [0, 0.1) is 0 Å². The molecule has 1 heterocycles. The number of aliphatic hydroxyl groups excluding tert-OH is 1. The Labute approximate surface area is 102 Å². The first kappa shape index (κ1) is 12.2. The van der Waals surface area contributed by atoms with E-state index >= 15 is 0 Å². The van der Waals surface area contributed by atoms with E-state index in [9.17, 15) is 0 Å². The lowest BCUT2D eigenvalue weighted by molar-refractivity contribution is 0.198. The monoisotopic (exact) mass is 237 g/mol. The Morgan fingerprint density at radius 1 is 1.41 bits per heavy atom. The van der Waals surface area contributed by atoms with Crippen LogP contribution in [0.1, 0.15) is 12.0 Å². The number of likely N-dealkylation sites (tertiary alicyclic amines) is 1. The van der Waals surface area contributed by atoms with Gasteiger partial charge in [0.1, 0.15) is 6.10 Å². The van der Waals surface area contributed by atoms with Crippen molar-refractivity contribution in [2.45, 2.75) is 19.1 Å². The molecule has 0 spiro atoms. The molecule has 1 saturated heterocycles. The third kappa shape index (κ3) is 2.90. The summed E-state index contributed by atoms with van der Waals surface area (Å²) in [7, 11) is 3.71. The number of methoxy groups -OCH3 is 1. The first-order valence-corrected chi connectivity index (χ1v) is 5.86. The normalized spacial score (nSPS) is 20.5. The molecule has 1 atom stereocenters. The van der Waals surface area contributed by atoms with Gasteiger partial charge >= 0.3 is 0 Å². The summed E-state index contributed by atoms with van der Waals surface area (Å²) in [5.74, 6) is 1.44. The molecule has 0 aliphatic carbocycles. The number of benzene rings is 1. The SMILES string of the molecule is COc1ccc(CO)cc1OC1CCN(C)C1. The molecule has 17 heavy (non-hydrogen) atoms. The van der Waals surface area contributed by atoms with Gasteiger partial charge in [0.15, 0.2) is 11.5 Å². The van der Waals surface area contributed by atoms with Gasteiger partial charge in [0.2, 0.25) is 0 Å². The Morgan fingerprint density at radius 2 is 2.24 bits per heavy atom. The van der Waals surface area contributed by atoms with E-state index in [0.29, 0.717) is 0 Å². The van der Waals surface area contributed by atoms with E-state index in [1.54, 1.807) is 7.11 Å². The Morgan fingerprint density at radius 3 is 2.82 bits per heavy atom. The molecule has 2 rings (SSSR count). The van der Waals surface area contributed by atoms with Crippen molar-refractivity contribution in [3.05, 3.63) is 23.8 Å². The van der Waals surface area contributed by atoms with Gasteiger partial charge in [-0.15, -0.1) is 0 Å². The first-order chi connectivity index (χ1) is 8.22. The summed E-state index contributed by atoms with van der Waals surface area (Å²) in [4.78, 5) is 2.24. The lowest BCUT2D eigenvalue weighted by Crippen LogP contribution is -2.21. The lowest BCUT2D eigenvalue weighted by atomic mass is 10.2. The molecule has 0 aromatic heterocycles. The molecule has 1 N–H and O–H groups in total. The quantitative estimate of drug-likeness (QED) is 0.856. The zero-order valence-electron chi connectivity index (χ0n) is 10.3. The molecular formula is C13H19NO3. The highest BCUT2D eigenvalue weighted by atomic mass is 16.5. The van der Waals surface area contributed by atoms with Crippen LogP contribution in [0.25, 0.3) is 0 Å². The number of hydrogen-bond acceptors (Lipinski definition) is 4. The van der Waals surface area contributed by atoms with E-state index in [0.717, 1.165) is 36.6 Å². The van der Waals surface area contributed by atoms with Crippen molar-refractivity contribution in [2.75, 3.05) is 27.2 Å². The van der Waals surface area contributed by atoms with E-state index in [1.807, 2.05) is 18.2 Å². The molecule has 94 valence electrons. The van der Waals surface area contributed by atoms with Gasteiger partial charge in [-0.2, -0.15) is 0 Å². The largest absolute Gasteiger partial charge is 0.493 e. The van der Waals surface area contributed by atoms with Crippen LogP contribution in [0.2, 0.25) is 0 Å². The fourth-order valence-corrected chi connectivity index (χ4v) is 2.08. The first-order valence-electron chi connectivity index (χ1n) is 5.86. The van der Waals surface area contributed by atoms with Crippen LogP contribution >= 0.6 is 0 Å². The molecule has 0 bridgehead atoms. The Hall–Kier alpha value is -1.26. The summed E-state index contributed by atoms with van der Waals surface area (Å²) in [6.07, 6.45) is 1.24. The second-order valence-corrected chi connectivity index (χ2v) is 4.43. The van der Waals surface area contributed by atoms with Crippen molar-refractivity contribution in [3.63, 3.8) is 0 Å². The van der Waals surface area contributed by atoms with Crippen molar-refractivity contribution in [2.24, 2.45) is 0 Å². The Bertz CT molecular complexity index is 381. The molecule has 4 heteroatoms. The van der Waals surface area contributed by atoms with E-state index in [1.165, 1.54) is 0 Å². The van der Waals surface area contributed by atoms with Crippen LogP contribution in [0.3, 0.4) is 0 Å². The van der Waals surface area contributed by atoms with Gasteiger partial charge in [-0.1, -0.05) is 6.07 Å². The zero-order chi connectivity index (χ0) is 12.3. The molecule has 1 aromatic rings. The highest BCUT2D eigenvalue weighted by molar-refractivity contribution is 5.43. The molecule has 1 aliphatic heterocycles. The van der Waals surface area contributed by atoms with Gasteiger partial charge < -0.3 is 19.5 Å². The van der Waals surface area contributed by atoms with Crippen molar-refractivity contribution < 1.29 is 14.6 Å². The molecule has 0 amide bonds. The van der Waals surface area contributed by atoms with Crippen molar-refractivity contribution in [3.8, 4) is 11.5 Å². The van der Waals surface area contributed by atoms with Crippen LogP contribution < -0.4 is 9.47 Å². The number of ether oxygens (including phenoxy) is 2. The number of aliphatic hydroxyl groups is 1. The number of hydrogen-bond donors (Lipinski definition) is 1.